The fraction of sp³-hybridized carbons (Fsp3) is 0.407. The molecule has 0 atom stereocenters. The molecule has 182 valence electrons. The number of hydrogen-bond acceptors (Lipinski definition) is 6. The summed E-state index contributed by atoms with van der Waals surface area (Å²) in [6.45, 7) is 7.76. The molecule has 2 N–H and O–H groups in total. The molecule has 7 nitrogen and oxygen atoms in total. The number of carbonyl (C=O) groups excluding carboxylic acids is 1. The summed E-state index contributed by atoms with van der Waals surface area (Å²) in [5, 5.41) is 14.2. The van der Waals surface area contributed by atoms with Gasteiger partial charge < -0.3 is 14.9 Å². The molecule has 0 aromatic heterocycles. The van der Waals surface area contributed by atoms with E-state index in [0.717, 1.165) is 45.8 Å². The predicted octanol–water partition coefficient (Wildman–Crippen LogP) is 2.17. The molecule has 6 rings (SSSR count). The van der Waals surface area contributed by atoms with E-state index in [2.05, 4.69) is 41.3 Å². The number of aliphatic hydroxyl groups is 1. The first-order chi connectivity index (χ1) is 16.7. The van der Waals surface area contributed by atoms with Gasteiger partial charge in [0.1, 0.15) is 5.82 Å². The Kier molecular flexibility index (Phi) is 5.02. The third kappa shape index (κ3) is 3.72. The molecule has 1 saturated heterocycles. The molecule has 1 aromatic rings. The maximum Gasteiger partial charge on any atom is 0.236 e. The van der Waals surface area contributed by atoms with E-state index in [0.29, 0.717) is 32.7 Å². The largest absolute Gasteiger partial charge is 0.389 e. The zero-order valence-electron chi connectivity index (χ0n) is 20.3. The van der Waals surface area contributed by atoms with Crippen molar-refractivity contribution in [1.29, 1.82) is 0 Å². The standard InChI is InChI=1S/C27H30FN5O2/c1-27(2)15-32(14-24(35)33-10-18(34)11-33)7-6-22(27)21-13-31(3)12-20-19-9-17(28)8-16-4-5-23(25(16)19)29-30-26(20)21/h4-6,8-9,12,18,30,34H,7,10-11,13-15H2,1-3H3. The minimum absolute atomic E-state index is 0.0665. The van der Waals surface area contributed by atoms with E-state index in [-0.39, 0.29) is 23.2 Å². The Morgan fingerprint density at radius 3 is 2.83 bits per heavy atom. The van der Waals surface area contributed by atoms with Gasteiger partial charge in [-0.2, -0.15) is 5.10 Å². The van der Waals surface area contributed by atoms with Gasteiger partial charge in [-0.25, -0.2) is 4.39 Å². The van der Waals surface area contributed by atoms with Crippen molar-refractivity contribution in [2.75, 3.05) is 46.3 Å². The molecule has 0 unspecified atom stereocenters. The number of carbonyl (C=O) groups is 1. The van der Waals surface area contributed by atoms with Crippen LogP contribution >= 0.6 is 0 Å². The quantitative estimate of drug-likeness (QED) is 0.701. The number of likely N-dealkylation sites (N-methyl/N-ethyl adjacent to an activating group) is 1. The minimum atomic E-state index is -0.386. The molecule has 8 heteroatoms. The lowest BCUT2D eigenvalue weighted by Crippen LogP contribution is -2.56. The van der Waals surface area contributed by atoms with Crippen molar-refractivity contribution in [3.05, 3.63) is 69.8 Å². The second-order valence-corrected chi connectivity index (χ2v) is 10.8. The van der Waals surface area contributed by atoms with Crippen molar-refractivity contribution < 1.29 is 14.3 Å². The van der Waals surface area contributed by atoms with Gasteiger partial charge in [-0.3, -0.25) is 15.1 Å². The Balaban J connectivity index is 1.36. The van der Waals surface area contributed by atoms with Crippen LogP contribution < -0.4 is 5.43 Å². The van der Waals surface area contributed by atoms with E-state index in [1.54, 1.807) is 17.0 Å². The van der Waals surface area contributed by atoms with E-state index < -0.39 is 0 Å². The van der Waals surface area contributed by atoms with Crippen LogP contribution in [0.5, 0.6) is 0 Å². The zero-order valence-corrected chi connectivity index (χ0v) is 20.3. The van der Waals surface area contributed by atoms with Crippen molar-refractivity contribution >= 4 is 23.3 Å². The molecule has 4 aliphatic heterocycles. The highest BCUT2D eigenvalue weighted by Gasteiger charge is 2.38. The van der Waals surface area contributed by atoms with Crippen LogP contribution in [0.1, 0.15) is 30.5 Å². The first-order valence-corrected chi connectivity index (χ1v) is 12.1. The van der Waals surface area contributed by atoms with Crippen LogP contribution in [0.15, 0.2) is 52.4 Å². The van der Waals surface area contributed by atoms with E-state index in [1.807, 2.05) is 19.2 Å². The first kappa shape index (κ1) is 22.2. The lowest BCUT2D eigenvalue weighted by molar-refractivity contribution is -0.142. The number of likely N-dealkylation sites (tertiary alicyclic amines) is 1. The van der Waals surface area contributed by atoms with Gasteiger partial charge >= 0.3 is 0 Å². The van der Waals surface area contributed by atoms with Crippen LogP contribution in [0, 0.1) is 11.2 Å². The lowest BCUT2D eigenvalue weighted by Gasteiger charge is -2.43. The van der Waals surface area contributed by atoms with Crippen molar-refractivity contribution in [2.24, 2.45) is 10.5 Å². The number of β-amino-alcohol motifs (C(OH)–C–C–N with tert-alkyl or cyclic N) is 1. The van der Waals surface area contributed by atoms with Gasteiger partial charge in [0.15, 0.2) is 0 Å². The fourth-order valence-corrected chi connectivity index (χ4v) is 5.90. The number of hydrogen-bond donors (Lipinski definition) is 2. The maximum atomic E-state index is 14.6. The molecule has 1 aromatic carbocycles. The molecule has 35 heavy (non-hydrogen) atoms. The summed E-state index contributed by atoms with van der Waals surface area (Å²) in [6, 6.07) is 3.17. The normalized spacial score (nSPS) is 23.1. The number of rotatable bonds is 3. The van der Waals surface area contributed by atoms with Gasteiger partial charge in [0.25, 0.3) is 0 Å². The molecule has 1 aliphatic carbocycles. The van der Waals surface area contributed by atoms with Gasteiger partial charge in [-0.05, 0) is 34.9 Å². The van der Waals surface area contributed by atoms with E-state index in [1.165, 1.54) is 5.57 Å². The molecular formula is C27H30FN5O2. The summed E-state index contributed by atoms with van der Waals surface area (Å²) in [6.07, 6.45) is 7.75. The van der Waals surface area contributed by atoms with E-state index in [9.17, 15) is 14.3 Å². The molecular weight excluding hydrogens is 445 g/mol. The summed E-state index contributed by atoms with van der Waals surface area (Å²) in [5.74, 6) is -0.189. The van der Waals surface area contributed by atoms with Gasteiger partial charge in [0.2, 0.25) is 5.91 Å². The fourth-order valence-electron chi connectivity index (χ4n) is 5.90. The maximum absolute atomic E-state index is 14.6. The molecule has 5 aliphatic rings. The molecule has 1 amide bonds. The minimum Gasteiger partial charge on any atom is -0.389 e. The second-order valence-electron chi connectivity index (χ2n) is 10.8. The van der Waals surface area contributed by atoms with E-state index >= 15 is 0 Å². The van der Waals surface area contributed by atoms with Gasteiger partial charge in [-0.15, -0.1) is 0 Å². The number of fused-ring (bicyclic) bond motifs is 2. The lowest BCUT2D eigenvalue weighted by atomic mass is 9.75. The Morgan fingerprint density at radius 2 is 2.09 bits per heavy atom. The van der Waals surface area contributed by atoms with Gasteiger partial charge in [-0.1, -0.05) is 26.0 Å². The molecule has 0 radical (unpaired) electrons. The third-order valence-electron chi connectivity index (χ3n) is 7.52. The number of hydrazone groups is 1. The van der Waals surface area contributed by atoms with Crippen LogP contribution in [0.2, 0.25) is 0 Å². The summed E-state index contributed by atoms with van der Waals surface area (Å²) in [4.78, 5) is 18.6. The number of aliphatic hydroxyl groups excluding tert-OH is 1. The number of amides is 1. The Hall–Kier alpha value is -3.23. The molecule has 0 saturated carbocycles. The van der Waals surface area contributed by atoms with Crippen molar-refractivity contribution in [2.45, 2.75) is 20.0 Å². The van der Waals surface area contributed by atoms with Gasteiger partial charge in [0.05, 0.1) is 24.1 Å². The zero-order chi connectivity index (χ0) is 24.5. The highest BCUT2D eigenvalue weighted by atomic mass is 19.1. The van der Waals surface area contributed by atoms with Crippen LogP contribution in [-0.2, 0) is 4.79 Å². The smallest absolute Gasteiger partial charge is 0.236 e. The number of halogens is 1. The highest BCUT2D eigenvalue weighted by Crippen LogP contribution is 2.43. The van der Waals surface area contributed by atoms with E-state index in [4.69, 9.17) is 5.10 Å². The summed E-state index contributed by atoms with van der Waals surface area (Å²) in [5.41, 5.74) is 10.9. The third-order valence-corrected chi connectivity index (χ3v) is 7.52. The van der Waals surface area contributed by atoms with Crippen molar-refractivity contribution in [3.63, 3.8) is 0 Å². The molecule has 1 fully saturated rings. The van der Waals surface area contributed by atoms with Crippen LogP contribution in [-0.4, -0.2) is 83.8 Å². The van der Waals surface area contributed by atoms with Crippen LogP contribution in [0.3, 0.4) is 0 Å². The number of allylic oxidation sites excluding steroid dienone is 2. The highest BCUT2D eigenvalue weighted by molar-refractivity contribution is 6.20. The second kappa shape index (κ2) is 7.90. The van der Waals surface area contributed by atoms with Gasteiger partial charge in [0, 0.05) is 68.1 Å². The topological polar surface area (TPSA) is 71.4 Å². The average Bonchev–Trinajstić information content (AvgIpc) is 3.09. The van der Waals surface area contributed by atoms with Crippen LogP contribution in [0.4, 0.5) is 4.39 Å². The SMILES string of the molecule is CN1C=C2C(=C(C3=CCN(CC(=O)N4CC(O)C4)CC3(C)C)C1)NN=C1C=Cc3cc(F)cc2c31. The monoisotopic (exact) mass is 475 g/mol. The number of nitrogens with zero attached hydrogens (tertiary/aromatic N) is 4. The number of benzene rings is 1. The Labute approximate surface area is 204 Å². The Morgan fingerprint density at radius 1 is 1.29 bits per heavy atom. The van der Waals surface area contributed by atoms with Crippen molar-refractivity contribution in [1.82, 2.24) is 20.1 Å². The molecule has 0 bridgehead atoms. The summed E-state index contributed by atoms with van der Waals surface area (Å²) in [7, 11) is 2.04. The van der Waals surface area contributed by atoms with Crippen molar-refractivity contribution in [3.8, 4) is 0 Å². The summed E-state index contributed by atoms with van der Waals surface area (Å²) >= 11 is 0. The Bertz CT molecular complexity index is 1280. The predicted molar refractivity (Wildman–Crippen MR) is 134 cm³/mol. The summed E-state index contributed by atoms with van der Waals surface area (Å²) < 4.78 is 14.6. The first-order valence-electron chi connectivity index (χ1n) is 12.1. The molecule has 4 heterocycles. The number of nitrogens with one attached hydrogen (secondary N) is 1. The average molecular weight is 476 g/mol. The molecule has 0 spiro atoms. The van der Waals surface area contributed by atoms with Crippen LogP contribution in [0.25, 0.3) is 11.6 Å².